The summed E-state index contributed by atoms with van der Waals surface area (Å²) in [5.41, 5.74) is 2.90. The second-order valence-corrected chi connectivity index (χ2v) is 29.9. The lowest BCUT2D eigenvalue weighted by Crippen LogP contribution is -2.52. The molecular weight excluding hydrogens is 1190 g/mol. The fourth-order valence-corrected chi connectivity index (χ4v) is 17.9. The third-order valence-electron chi connectivity index (χ3n) is 22.3. The molecule has 4 aliphatic heterocycles. The van der Waals surface area contributed by atoms with E-state index in [1.807, 2.05) is 12.1 Å². The van der Waals surface area contributed by atoms with E-state index in [0.29, 0.717) is 72.8 Å². The molecular formula is C66H75Cl4F2N5O9. The van der Waals surface area contributed by atoms with Crippen molar-refractivity contribution in [1.29, 1.82) is 0 Å². The number of hydrogen-bond acceptors (Lipinski definition) is 10. The molecule has 4 aromatic rings. The first-order valence-corrected chi connectivity index (χ1v) is 31.7. The van der Waals surface area contributed by atoms with Crippen LogP contribution in [0.1, 0.15) is 178 Å². The standard InChI is InChI=1S/C33H38Cl2FN3O4.C33H37Cl2FN2O5/c1-30(2)9-11-32(12-10-30)16-21(24(40)14-18-6-8-31(3,28(37)41)43-17-18)25(20-7-13-38-27(35)26(20)36)33(32)22-5-4-19(34)15-23(22)39-29(33)42;1-30(2)9-11-32(12-10-30)16-21(24(39)14-18-6-8-31(3,29(41)42)43-17-18)25(20-7-13-37-27(35)26(20)36)33(32)22-5-4-19(34)15-23(22)38-28(33)40/h4-5,7,13,15,18,21,25H,6,8-12,14,16-17H2,1-3H3,(H2,37,41)(H,39,42);4-5,7,13,15,18,21,25H,6,8-12,14,16-17H2,1-3H3,(H,38,40)(H,41,42)/t2*18-,21-,25-,31?,33+/m00/s1. The highest BCUT2D eigenvalue weighted by Gasteiger charge is 2.74. The number of Topliss-reactive ketones (excluding diaryl/α,β-unsaturated/α-hetero) is 2. The summed E-state index contributed by atoms with van der Waals surface area (Å²) < 4.78 is 43.7. The van der Waals surface area contributed by atoms with Crippen LogP contribution in [0, 0.1) is 57.0 Å². The number of nitrogens with one attached hydrogen (secondary N) is 2. The number of aliphatic carboxylic acids is 1. The molecule has 2 unspecified atom stereocenters. The smallest absolute Gasteiger partial charge is 0.335 e. The van der Waals surface area contributed by atoms with Crippen LogP contribution < -0.4 is 16.4 Å². The fourth-order valence-electron chi connectivity index (χ4n) is 17.2. The number of aromatic nitrogens is 2. The molecule has 12 rings (SSSR count). The van der Waals surface area contributed by atoms with Crippen LogP contribution in [0.15, 0.2) is 60.9 Å². The van der Waals surface area contributed by atoms with Gasteiger partial charge in [0.1, 0.15) is 17.2 Å². The van der Waals surface area contributed by atoms with Crippen LogP contribution in [0.4, 0.5) is 20.2 Å². The second-order valence-electron chi connectivity index (χ2n) is 28.3. The van der Waals surface area contributed by atoms with E-state index in [9.17, 15) is 33.9 Å². The molecule has 6 heterocycles. The summed E-state index contributed by atoms with van der Waals surface area (Å²) in [5.74, 6) is -6.76. The van der Waals surface area contributed by atoms with Gasteiger partial charge in [-0.2, -0.15) is 0 Å². The van der Waals surface area contributed by atoms with E-state index in [1.54, 1.807) is 50.2 Å². The largest absolute Gasteiger partial charge is 0.479 e. The van der Waals surface area contributed by atoms with Gasteiger partial charge in [-0.15, -0.1) is 0 Å². The molecule has 2 saturated heterocycles. The molecule has 4 spiro atoms. The predicted molar refractivity (Wildman–Crippen MR) is 323 cm³/mol. The van der Waals surface area contributed by atoms with E-state index in [1.165, 1.54) is 12.4 Å². The summed E-state index contributed by atoms with van der Waals surface area (Å²) in [7, 11) is 0. The van der Waals surface area contributed by atoms with Crippen molar-refractivity contribution in [2.45, 2.75) is 178 Å². The number of halogens is 6. The predicted octanol–water partition coefficient (Wildman–Crippen LogP) is 14.1. The maximum absolute atomic E-state index is 16.1. The van der Waals surface area contributed by atoms with Crippen LogP contribution in [-0.4, -0.2) is 74.7 Å². The Kier molecular flexibility index (Phi) is 16.3. The summed E-state index contributed by atoms with van der Waals surface area (Å²) in [5, 5.41) is 16.1. The molecule has 10 atom stereocenters. The Morgan fingerprint density at radius 1 is 0.593 bits per heavy atom. The summed E-state index contributed by atoms with van der Waals surface area (Å²) in [4.78, 5) is 89.6. The quantitative estimate of drug-likeness (QED) is 0.110. The molecule has 4 aliphatic carbocycles. The maximum Gasteiger partial charge on any atom is 0.335 e. The van der Waals surface area contributed by atoms with Gasteiger partial charge in [-0.05, 0) is 196 Å². The molecule has 2 aromatic carbocycles. The minimum absolute atomic E-state index is 0.0371. The molecule has 6 fully saturated rings. The SMILES string of the molecule is CC1(C)CCC2(CC1)C[C@@H](C(=O)C[C@@H]1CCC(C)(C(=O)O)OC1)[C@H](c1ccnc(Cl)c1F)[C@]21C(=O)Nc2cc(Cl)ccc21.CC1(C)CCC2(CC1)C[C@@H](C(=O)C[C@@H]1CCC(C)(C(N)=O)OC1)[C@H](c1ccnc(Cl)c1F)[C@]21C(=O)Nc2cc(Cl)ccc21. The third kappa shape index (κ3) is 10.2. The maximum atomic E-state index is 16.1. The number of carboxylic acids is 1. The van der Waals surface area contributed by atoms with Crippen LogP contribution >= 0.6 is 46.4 Å². The number of carboxylic acid groups (broad SMARTS) is 1. The van der Waals surface area contributed by atoms with Crippen LogP contribution in [0.25, 0.3) is 0 Å². The Morgan fingerprint density at radius 3 is 1.33 bits per heavy atom. The topological polar surface area (TPSA) is 217 Å². The molecule has 460 valence electrons. The number of rotatable bonds is 10. The molecule has 0 bridgehead atoms. The number of carbonyl (C=O) groups is 6. The number of pyridine rings is 2. The van der Waals surface area contributed by atoms with Crippen molar-refractivity contribution in [2.75, 3.05) is 23.8 Å². The van der Waals surface area contributed by atoms with Crippen molar-refractivity contribution < 1.29 is 52.1 Å². The van der Waals surface area contributed by atoms with Gasteiger partial charge in [-0.25, -0.2) is 23.5 Å². The van der Waals surface area contributed by atoms with Gasteiger partial charge in [0.15, 0.2) is 27.5 Å². The van der Waals surface area contributed by atoms with Gasteiger partial charge in [-0.3, -0.25) is 24.0 Å². The van der Waals surface area contributed by atoms with Gasteiger partial charge in [0.25, 0.3) is 0 Å². The zero-order valence-corrected chi connectivity index (χ0v) is 52.4. The summed E-state index contributed by atoms with van der Waals surface area (Å²) in [6.45, 7) is 12.5. The van der Waals surface area contributed by atoms with Crippen molar-refractivity contribution in [3.63, 3.8) is 0 Å². The third-order valence-corrected chi connectivity index (χ3v) is 23.3. The molecule has 86 heavy (non-hydrogen) atoms. The Hall–Kier alpha value is -5.10. The van der Waals surface area contributed by atoms with Crippen LogP contribution in [-0.2, 0) is 49.1 Å². The van der Waals surface area contributed by atoms with Crippen molar-refractivity contribution >= 4 is 93.0 Å². The van der Waals surface area contributed by atoms with Gasteiger partial charge in [0.05, 0.1) is 24.0 Å². The number of primary amides is 1. The van der Waals surface area contributed by atoms with E-state index in [4.69, 9.17) is 61.6 Å². The monoisotopic (exact) mass is 1260 g/mol. The Balaban J connectivity index is 0.000000179. The van der Waals surface area contributed by atoms with Gasteiger partial charge in [-0.1, -0.05) is 86.2 Å². The molecule has 8 aliphatic rings. The van der Waals surface area contributed by atoms with E-state index < -0.39 is 80.0 Å². The lowest BCUT2D eigenvalue weighted by Gasteiger charge is -2.51. The average molecular weight is 1260 g/mol. The first-order valence-electron chi connectivity index (χ1n) is 30.2. The van der Waals surface area contributed by atoms with E-state index >= 15 is 8.78 Å². The van der Waals surface area contributed by atoms with E-state index in [-0.39, 0.29) is 93.5 Å². The fraction of sp³-hybridized carbons (Fsp3) is 0.576. The van der Waals surface area contributed by atoms with Crippen molar-refractivity contribution in [1.82, 2.24) is 9.97 Å². The van der Waals surface area contributed by atoms with Crippen LogP contribution in [0.2, 0.25) is 20.4 Å². The molecule has 5 N–H and O–H groups in total. The molecule has 0 radical (unpaired) electrons. The number of benzene rings is 2. The summed E-state index contributed by atoms with van der Waals surface area (Å²) in [6.07, 6.45) is 12.3. The lowest BCUT2D eigenvalue weighted by molar-refractivity contribution is -0.173. The second kappa shape index (κ2) is 22.4. The Morgan fingerprint density at radius 2 is 0.977 bits per heavy atom. The Bertz CT molecular complexity index is 3210. The number of nitrogens with zero attached hydrogens (tertiary/aromatic N) is 2. The molecule has 20 heteroatoms. The highest BCUT2D eigenvalue weighted by Crippen LogP contribution is 2.74. The molecule has 3 amide bonds. The van der Waals surface area contributed by atoms with E-state index in [2.05, 4.69) is 48.3 Å². The number of amides is 3. The van der Waals surface area contributed by atoms with Gasteiger partial charge in [0, 0.05) is 70.3 Å². The molecule has 4 saturated carbocycles. The normalized spacial score (nSPS) is 32.5. The number of carbonyl (C=O) groups excluding carboxylic acids is 5. The number of fused-ring (bicyclic) bond motifs is 6. The highest BCUT2D eigenvalue weighted by atomic mass is 35.5. The Labute approximate surface area is 520 Å². The van der Waals surface area contributed by atoms with Crippen LogP contribution in [0.5, 0.6) is 0 Å². The lowest BCUT2D eigenvalue weighted by atomic mass is 9.51. The van der Waals surface area contributed by atoms with Crippen molar-refractivity contribution in [2.24, 2.45) is 51.1 Å². The van der Waals surface area contributed by atoms with Crippen LogP contribution in [0.3, 0.4) is 0 Å². The number of ketones is 2. The number of anilines is 2. The number of hydrogen-bond donors (Lipinski definition) is 4. The zero-order valence-electron chi connectivity index (χ0n) is 49.4. The molecule has 14 nitrogen and oxygen atoms in total. The summed E-state index contributed by atoms with van der Waals surface area (Å²) >= 11 is 25.2. The summed E-state index contributed by atoms with van der Waals surface area (Å²) in [6, 6.07) is 13.8. The minimum Gasteiger partial charge on any atom is -0.479 e. The van der Waals surface area contributed by atoms with Crippen molar-refractivity contribution in [3.8, 4) is 0 Å². The number of nitrogens with two attached hydrogens (primary N) is 1. The van der Waals surface area contributed by atoms with Gasteiger partial charge in [0.2, 0.25) is 17.7 Å². The van der Waals surface area contributed by atoms with Gasteiger partial charge < -0.3 is 30.9 Å². The molecule has 2 aromatic heterocycles. The van der Waals surface area contributed by atoms with Crippen molar-refractivity contribution in [3.05, 3.63) is 115 Å². The zero-order chi connectivity index (χ0) is 61.9. The van der Waals surface area contributed by atoms with Gasteiger partial charge >= 0.3 is 5.97 Å². The highest BCUT2D eigenvalue weighted by molar-refractivity contribution is 6.32. The number of ether oxygens (including phenoxy) is 2. The first kappa shape index (κ1) is 62.5. The average Bonchev–Trinajstić information content (AvgIpc) is 1.51. The first-order chi connectivity index (χ1) is 40.5. The minimum atomic E-state index is -1.28. The van der Waals surface area contributed by atoms with E-state index in [0.717, 1.165) is 49.7 Å².